The highest BCUT2D eigenvalue weighted by Crippen LogP contribution is 2.25. The van der Waals surface area contributed by atoms with Gasteiger partial charge < -0.3 is 14.3 Å². The van der Waals surface area contributed by atoms with E-state index in [9.17, 15) is 9.90 Å². The molecule has 0 unspecified atom stereocenters. The quantitative estimate of drug-likeness (QED) is 0.494. The maximum Gasteiger partial charge on any atom is 0.328 e. The minimum atomic E-state index is -0.929. The number of carbonyl (C=O) groups is 1. The minimum Gasteiger partial charge on any atom is -0.494 e. The molecule has 158 valence electrons. The van der Waals surface area contributed by atoms with Crippen LogP contribution in [0.1, 0.15) is 39.2 Å². The van der Waals surface area contributed by atoms with Crippen LogP contribution < -0.4 is 10.1 Å². The zero-order valence-corrected chi connectivity index (χ0v) is 18.0. The third kappa shape index (κ3) is 5.09. The van der Waals surface area contributed by atoms with Gasteiger partial charge in [0, 0.05) is 17.0 Å². The molecule has 0 fully saturated rings. The molecule has 0 bridgehead atoms. The second kappa shape index (κ2) is 9.61. The van der Waals surface area contributed by atoms with Crippen molar-refractivity contribution in [3.8, 4) is 17.1 Å². The number of hydrogen-bond acceptors (Lipinski definition) is 4. The van der Waals surface area contributed by atoms with Crippen LogP contribution >= 0.6 is 0 Å². The third-order valence-corrected chi connectivity index (χ3v) is 4.97. The van der Waals surface area contributed by atoms with Gasteiger partial charge in [-0.25, -0.2) is 4.79 Å². The number of carboxylic acids is 1. The number of benzene rings is 2. The largest absolute Gasteiger partial charge is 0.494 e. The van der Waals surface area contributed by atoms with Crippen molar-refractivity contribution in [3.05, 3.63) is 59.5 Å². The molecule has 30 heavy (non-hydrogen) atoms. The molecule has 1 atom stereocenters. The molecule has 0 aliphatic heterocycles. The first-order valence-electron chi connectivity index (χ1n) is 10.4. The van der Waals surface area contributed by atoms with Crippen LogP contribution in [0.5, 0.6) is 5.75 Å². The molecule has 3 aromatic rings. The van der Waals surface area contributed by atoms with Gasteiger partial charge in [-0.2, -0.15) is 0 Å². The van der Waals surface area contributed by atoms with Crippen molar-refractivity contribution >= 4 is 16.9 Å². The van der Waals surface area contributed by atoms with Gasteiger partial charge in [0.1, 0.15) is 23.1 Å². The lowest BCUT2D eigenvalue weighted by Gasteiger charge is -2.12. The fraction of sp³-hybridized carbons (Fsp3) is 0.360. The molecule has 5 nitrogen and oxygen atoms in total. The van der Waals surface area contributed by atoms with Gasteiger partial charge in [0.15, 0.2) is 0 Å². The van der Waals surface area contributed by atoms with E-state index in [0.717, 1.165) is 35.1 Å². The molecule has 1 aromatic heterocycles. The SMILES string of the molecule is CCCCOc1ccc(-c2cc(=N[C@H](C(=O)O)C(C)C)c3cc(C)ccc3o2)cc1. The van der Waals surface area contributed by atoms with Crippen LogP contribution in [-0.2, 0) is 4.79 Å². The first kappa shape index (κ1) is 21.6. The number of carboxylic acid groups (broad SMARTS) is 1. The number of aryl methyl sites for hydroxylation is 1. The maximum absolute atomic E-state index is 11.7. The van der Waals surface area contributed by atoms with E-state index in [1.54, 1.807) is 0 Å². The standard InChI is InChI=1S/C25H29NO4/c1-5-6-13-29-19-10-8-18(9-11-19)23-15-21(26-24(16(2)3)25(27)28)20-14-17(4)7-12-22(20)30-23/h7-12,14-16,24H,5-6,13H2,1-4H3,(H,27,28)/t24-/m0/s1. The molecule has 0 saturated carbocycles. The Labute approximate surface area is 177 Å². The molecule has 2 aromatic carbocycles. The Bertz CT molecular complexity index is 1080. The highest BCUT2D eigenvalue weighted by Gasteiger charge is 2.20. The van der Waals surface area contributed by atoms with Crippen LogP contribution in [0, 0.1) is 12.8 Å². The number of ether oxygens (including phenoxy) is 1. The van der Waals surface area contributed by atoms with Crippen molar-refractivity contribution in [2.24, 2.45) is 10.9 Å². The summed E-state index contributed by atoms with van der Waals surface area (Å²) in [5.41, 5.74) is 2.62. The van der Waals surface area contributed by atoms with Gasteiger partial charge in [-0.3, -0.25) is 4.99 Å². The van der Waals surface area contributed by atoms with E-state index in [1.165, 1.54) is 0 Å². The Morgan fingerprint density at radius 2 is 1.87 bits per heavy atom. The van der Waals surface area contributed by atoms with Crippen LogP contribution in [0.2, 0.25) is 0 Å². The number of unbranched alkanes of at least 4 members (excludes halogenated alkanes) is 1. The van der Waals surface area contributed by atoms with Gasteiger partial charge in [-0.05, 0) is 55.7 Å². The van der Waals surface area contributed by atoms with E-state index in [0.29, 0.717) is 23.3 Å². The second-order valence-corrected chi connectivity index (χ2v) is 7.88. The molecular weight excluding hydrogens is 378 g/mol. The summed E-state index contributed by atoms with van der Waals surface area (Å²) >= 11 is 0. The number of nitrogens with zero attached hydrogens (tertiary/aromatic N) is 1. The fourth-order valence-corrected chi connectivity index (χ4v) is 3.22. The molecular formula is C25H29NO4. The molecule has 1 heterocycles. The van der Waals surface area contributed by atoms with Gasteiger partial charge in [0.05, 0.1) is 12.0 Å². The van der Waals surface area contributed by atoms with Crippen LogP contribution in [0.4, 0.5) is 0 Å². The summed E-state index contributed by atoms with van der Waals surface area (Å²) in [4.78, 5) is 16.3. The molecule has 0 spiro atoms. The third-order valence-electron chi connectivity index (χ3n) is 4.97. The monoisotopic (exact) mass is 407 g/mol. The number of rotatable bonds is 8. The molecule has 0 aliphatic carbocycles. The minimum absolute atomic E-state index is 0.123. The van der Waals surface area contributed by atoms with Crippen LogP contribution in [0.3, 0.4) is 0 Å². The zero-order chi connectivity index (χ0) is 21.7. The van der Waals surface area contributed by atoms with Crippen molar-refractivity contribution in [2.45, 2.75) is 46.6 Å². The van der Waals surface area contributed by atoms with Crippen molar-refractivity contribution in [1.82, 2.24) is 0 Å². The van der Waals surface area contributed by atoms with Crippen molar-refractivity contribution in [1.29, 1.82) is 0 Å². The van der Waals surface area contributed by atoms with Crippen LogP contribution in [0.25, 0.3) is 22.3 Å². The van der Waals surface area contributed by atoms with Crippen LogP contribution in [0.15, 0.2) is 57.9 Å². The van der Waals surface area contributed by atoms with Gasteiger partial charge in [0.2, 0.25) is 0 Å². The van der Waals surface area contributed by atoms with Gasteiger partial charge >= 0.3 is 5.97 Å². The highest BCUT2D eigenvalue weighted by molar-refractivity contribution is 5.80. The van der Waals surface area contributed by atoms with E-state index in [1.807, 2.05) is 69.3 Å². The van der Waals surface area contributed by atoms with Gasteiger partial charge in [-0.15, -0.1) is 0 Å². The van der Waals surface area contributed by atoms with Crippen molar-refractivity contribution in [2.75, 3.05) is 6.61 Å². The van der Waals surface area contributed by atoms with Gasteiger partial charge in [0.25, 0.3) is 0 Å². The maximum atomic E-state index is 11.7. The Kier molecular flexibility index (Phi) is 6.93. The molecule has 5 heteroatoms. The Hall–Kier alpha value is -3.08. The normalized spacial score (nSPS) is 13.0. The first-order valence-corrected chi connectivity index (χ1v) is 10.4. The lowest BCUT2D eigenvalue weighted by Crippen LogP contribution is -2.27. The van der Waals surface area contributed by atoms with Crippen LogP contribution in [-0.4, -0.2) is 23.7 Å². The van der Waals surface area contributed by atoms with Crippen molar-refractivity contribution < 1.29 is 19.1 Å². The Balaban J connectivity index is 2.08. The lowest BCUT2D eigenvalue weighted by molar-refractivity contribution is -0.139. The number of fused-ring (bicyclic) bond motifs is 1. The average molecular weight is 408 g/mol. The van der Waals surface area contributed by atoms with E-state index in [4.69, 9.17) is 9.15 Å². The van der Waals surface area contributed by atoms with Gasteiger partial charge in [-0.1, -0.05) is 38.8 Å². The first-order chi connectivity index (χ1) is 14.4. The summed E-state index contributed by atoms with van der Waals surface area (Å²) < 4.78 is 11.9. The average Bonchev–Trinajstić information content (AvgIpc) is 2.72. The molecule has 1 N–H and O–H groups in total. The molecule has 0 radical (unpaired) electrons. The van der Waals surface area contributed by atoms with E-state index in [2.05, 4.69) is 11.9 Å². The molecule has 0 amide bonds. The summed E-state index contributed by atoms with van der Waals surface area (Å²) in [5.74, 6) is 0.404. The summed E-state index contributed by atoms with van der Waals surface area (Å²) in [6.45, 7) is 8.55. The summed E-state index contributed by atoms with van der Waals surface area (Å²) in [5, 5.41) is 11.0. The van der Waals surface area contributed by atoms with E-state index < -0.39 is 12.0 Å². The number of aliphatic carboxylic acids is 1. The summed E-state index contributed by atoms with van der Waals surface area (Å²) in [6, 6.07) is 14.6. The fourth-order valence-electron chi connectivity index (χ4n) is 3.22. The molecule has 0 aliphatic rings. The molecule has 0 saturated heterocycles. The Morgan fingerprint density at radius 1 is 1.13 bits per heavy atom. The second-order valence-electron chi connectivity index (χ2n) is 7.88. The van der Waals surface area contributed by atoms with E-state index in [-0.39, 0.29) is 5.92 Å². The lowest BCUT2D eigenvalue weighted by atomic mass is 10.0. The zero-order valence-electron chi connectivity index (χ0n) is 18.0. The predicted octanol–water partition coefficient (Wildman–Crippen LogP) is 5.60. The number of hydrogen-bond donors (Lipinski definition) is 1. The Morgan fingerprint density at radius 3 is 2.50 bits per heavy atom. The summed E-state index contributed by atoms with van der Waals surface area (Å²) in [7, 11) is 0. The predicted molar refractivity (Wildman–Crippen MR) is 119 cm³/mol. The molecule has 3 rings (SSSR count). The van der Waals surface area contributed by atoms with E-state index >= 15 is 0 Å². The topological polar surface area (TPSA) is 72.0 Å². The summed E-state index contributed by atoms with van der Waals surface area (Å²) in [6.07, 6.45) is 2.11. The smallest absolute Gasteiger partial charge is 0.328 e. The highest BCUT2D eigenvalue weighted by atomic mass is 16.5. The van der Waals surface area contributed by atoms with Crippen molar-refractivity contribution in [3.63, 3.8) is 0 Å².